The van der Waals surface area contributed by atoms with Crippen molar-refractivity contribution in [3.05, 3.63) is 0 Å². The maximum Gasteiger partial charge on any atom is 0.391 e. The lowest BCUT2D eigenvalue weighted by molar-refractivity contribution is -0.150. The van der Waals surface area contributed by atoms with Crippen molar-refractivity contribution in [3.63, 3.8) is 0 Å². The van der Waals surface area contributed by atoms with Gasteiger partial charge in [0, 0.05) is 18.6 Å². The summed E-state index contributed by atoms with van der Waals surface area (Å²) in [5.74, 6) is -0.818. The van der Waals surface area contributed by atoms with Gasteiger partial charge >= 0.3 is 12.2 Å². The number of hydrogen-bond donors (Lipinski definition) is 1. The average molecular weight is 280 g/mol. The van der Waals surface area contributed by atoms with E-state index >= 15 is 0 Å². The zero-order valence-corrected chi connectivity index (χ0v) is 10.4. The zero-order valence-electron chi connectivity index (χ0n) is 10.4. The predicted octanol–water partition coefficient (Wildman–Crippen LogP) is 1.28. The second-order valence-corrected chi connectivity index (χ2v) is 4.89. The van der Waals surface area contributed by atoms with Crippen LogP contribution in [0, 0.1) is 5.92 Å². The Hall–Kier alpha value is -1.31. The van der Waals surface area contributed by atoms with E-state index < -0.39 is 36.6 Å². The monoisotopic (exact) mass is 280 g/mol. The number of carbonyl (C=O) groups is 2. The normalized spacial score (nSPS) is 29.8. The lowest BCUT2D eigenvalue weighted by Crippen LogP contribution is -2.43. The number of ether oxygens (including phenoxy) is 1. The summed E-state index contributed by atoms with van der Waals surface area (Å²) < 4.78 is 42.1. The molecule has 2 rings (SSSR count). The Morgan fingerprint density at radius 1 is 1.47 bits per heavy atom. The van der Waals surface area contributed by atoms with Gasteiger partial charge in [0.2, 0.25) is 0 Å². The standard InChI is InChI=1S/C11H15F3N2O3/c1-6(7-2-3-19-5-7)16-9(17)8(15-10(16)18)4-11(12,13)14/h6-8H,2-5H2,1H3,(H,15,18). The predicted molar refractivity (Wildman–Crippen MR) is 58.2 cm³/mol. The summed E-state index contributed by atoms with van der Waals surface area (Å²) in [6.45, 7) is 2.62. The molecule has 0 spiro atoms. The van der Waals surface area contributed by atoms with Gasteiger partial charge in [-0.3, -0.25) is 9.69 Å². The molecule has 3 unspecified atom stereocenters. The Morgan fingerprint density at radius 2 is 2.16 bits per heavy atom. The lowest BCUT2D eigenvalue weighted by Gasteiger charge is -2.26. The van der Waals surface area contributed by atoms with E-state index in [1.54, 1.807) is 6.92 Å². The molecule has 1 N–H and O–H groups in total. The number of amides is 3. The molecule has 0 aromatic rings. The fourth-order valence-electron chi connectivity index (χ4n) is 2.45. The van der Waals surface area contributed by atoms with Crippen LogP contribution in [0.15, 0.2) is 0 Å². The average Bonchev–Trinajstić information content (AvgIpc) is 2.86. The van der Waals surface area contributed by atoms with Crippen LogP contribution in [-0.2, 0) is 9.53 Å². The number of carbonyl (C=O) groups excluding carboxylic acids is 2. The number of hydrogen-bond acceptors (Lipinski definition) is 3. The van der Waals surface area contributed by atoms with Crippen LogP contribution in [0.4, 0.5) is 18.0 Å². The smallest absolute Gasteiger partial charge is 0.381 e. The fourth-order valence-corrected chi connectivity index (χ4v) is 2.45. The van der Waals surface area contributed by atoms with Crippen LogP contribution >= 0.6 is 0 Å². The van der Waals surface area contributed by atoms with Crippen molar-refractivity contribution in [2.45, 2.75) is 38.0 Å². The van der Waals surface area contributed by atoms with Gasteiger partial charge in [-0.1, -0.05) is 0 Å². The molecule has 0 aromatic heterocycles. The highest BCUT2D eigenvalue weighted by Gasteiger charge is 2.47. The van der Waals surface area contributed by atoms with Gasteiger partial charge in [0.25, 0.3) is 5.91 Å². The Kier molecular flexibility index (Phi) is 3.71. The molecule has 3 atom stereocenters. The van der Waals surface area contributed by atoms with Gasteiger partial charge in [-0.25, -0.2) is 4.79 Å². The van der Waals surface area contributed by atoms with Crippen molar-refractivity contribution in [1.82, 2.24) is 10.2 Å². The van der Waals surface area contributed by atoms with E-state index in [1.165, 1.54) is 0 Å². The molecule has 8 heteroatoms. The first-order chi connectivity index (χ1) is 8.79. The number of urea groups is 1. The van der Waals surface area contributed by atoms with Gasteiger partial charge in [-0.05, 0) is 13.3 Å². The van der Waals surface area contributed by atoms with E-state index in [1.807, 2.05) is 0 Å². The summed E-state index contributed by atoms with van der Waals surface area (Å²) in [6.07, 6.45) is -5.12. The molecule has 0 aromatic carbocycles. The van der Waals surface area contributed by atoms with Gasteiger partial charge in [-0.2, -0.15) is 13.2 Å². The van der Waals surface area contributed by atoms with E-state index in [0.29, 0.717) is 19.6 Å². The molecule has 2 fully saturated rings. The van der Waals surface area contributed by atoms with Gasteiger partial charge < -0.3 is 10.1 Å². The van der Waals surface area contributed by atoms with Gasteiger partial charge in [0.05, 0.1) is 13.0 Å². The molecular weight excluding hydrogens is 265 g/mol. The first-order valence-electron chi connectivity index (χ1n) is 6.07. The number of rotatable bonds is 3. The van der Waals surface area contributed by atoms with Gasteiger partial charge in [-0.15, -0.1) is 0 Å². The third-order valence-corrected chi connectivity index (χ3v) is 3.54. The maximum absolute atomic E-state index is 12.3. The van der Waals surface area contributed by atoms with E-state index in [9.17, 15) is 22.8 Å². The molecule has 2 heterocycles. The Labute approximate surface area is 108 Å². The molecule has 108 valence electrons. The fraction of sp³-hybridized carbons (Fsp3) is 0.818. The molecule has 2 aliphatic rings. The maximum atomic E-state index is 12.3. The molecule has 0 aliphatic carbocycles. The zero-order chi connectivity index (χ0) is 14.2. The summed E-state index contributed by atoms with van der Waals surface area (Å²) in [5, 5.41) is 2.09. The molecule has 0 radical (unpaired) electrons. The van der Waals surface area contributed by atoms with Gasteiger partial charge in [0.15, 0.2) is 0 Å². The number of imide groups is 1. The minimum atomic E-state index is -4.48. The largest absolute Gasteiger partial charge is 0.391 e. The summed E-state index contributed by atoms with van der Waals surface area (Å²) in [5.41, 5.74) is 0. The molecule has 2 aliphatic heterocycles. The summed E-state index contributed by atoms with van der Waals surface area (Å²) in [6, 6.07) is -2.70. The van der Waals surface area contributed by atoms with Crippen molar-refractivity contribution in [2.24, 2.45) is 5.92 Å². The molecule has 19 heavy (non-hydrogen) atoms. The van der Waals surface area contributed by atoms with Crippen LogP contribution in [0.25, 0.3) is 0 Å². The number of halogens is 3. The number of alkyl halides is 3. The van der Waals surface area contributed by atoms with Crippen molar-refractivity contribution in [1.29, 1.82) is 0 Å². The van der Waals surface area contributed by atoms with Crippen LogP contribution < -0.4 is 5.32 Å². The minimum Gasteiger partial charge on any atom is -0.381 e. The van der Waals surface area contributed by atoms with Crippen LogP contribution in [0.1, 0.15) is 19.8 Å². The van der Waals surface area contributed by atoms with Crippen LogP contribution in [-0.4, -0.2) is 48.3 Å². The molecule has 5 nitrogen and oxygen atoms in total. The van der Waals surface area contributed by atoms with Crippen LogP contribution in [0.2, 0.25) is 0 Å². The van der Waals surface area contributed by atoms with Crippen molar-refractivity contribution >= 4 is 11.9 Å². The minimum absolute atomic E-state index is 0.0145. The van der Waals surface area contributed by atoms with Crippen LogP contribution in [0.3, 0.4) is 0 Å². The first-order valence-corrected chi connectivity index (χ1v) is 6.07. The number of nitrogens with zero attached hydrogens (tertiary/aromatic N) is 1. The van der Waals surface area contributed by atoms with Crippen LogP contribution in [0.5, 0.6) is 0 Å². The van der Waals surface area contributed by atoms with E-state index in [-0.39, 0.29) is 5.92 Å². The molecule has 2 saturated heterocycles. The molecule has 0 saturated carbocycles. The Bertz CT molecular complexity index is 380. The van der Waals surface area contributed by atoms with Gasteiger partial charge in [0.1, 0.15) is 6.04 Å². The first kappa shape index (κ1) is 14.1. The molecule has 0 bridgehead atoms. The van der Waals surface area contributed by atoms with E-state index in [2.05, 4.69) is 5.32 Å². The highest BCUT2D eigenvalue weighted by molar-refractivity contribution is 6.04. The quantitative estimate of drug-likeness (QED) is 0.792. The summed E-state index contributed by atoms with van der Waals surface area (Å²) in [7, 11) is 0. The third-order valence-electron chi connectivity index (χ3n) is 3.54. The Morgan fingerprint density at radius 3 is 2.68 bits per heavy atom. The third kappa shape index (κ3) is 2.99. The van der Waals surface area contributed by atoms with E-state index in [0.717, 1.165) is 4.90 Å². The Balaban J connectivity index is 2.05. The molecule has 3 amide bonds. The topological polar surface area (TPSA) is 58.6 Å². The SMILES string of the molecule is CC(C1CCOC1)N1C(=O)NC(CC(F)(F)F)C1=O. The second-order valence-electron chi connectivity index (χ2n) is 4.89. The van der Waals surface area contributed by atoms with Crippen molar-refractivity contribution in [3.8, 4) is 0 Å². The van der Waals surface area contributed by atoms with E-state index in [4.69, 9.17) is 4.74 Å². The second kappa shape index (κ2) is 4.99. The van der Waals surface area contributed by atoms with Crippen molar-refractivity contribution < 1.29 is 27.5 Å². The highest BCUT2D eigenvalue weighted by Crippen LogP contribution is 2.28. The number of nitrogens with one attached hydrogen (secondary N) is 1. The molecular formula is C11H15F3N2O3. The lowest BCUT2D eigenvalue weighted by atomic mass is 9.99. The summed E-state index contributed by atoms with van der Waals surface area (Å²) in [4.78, 5) is 24.5. The summed E-state index contributed by atoms with van der Waals surface area (Å²) >= 11 is 0. The highest BCUT2D eigenvalue weighted by atomic mass is 19.4. The van der Waals surface area contributed by atoms with Crippen molar-refractivity contribution in [2.75, 3.05) is 13.2 Å².